The summed E-state index contributed by atoms with van der Waals surface area (Å²) in [4.78, 5) is 0. The lowest BCUT2D eigenvalue weighted by Gasteiger charge is -2.06. The molecule has 0 saturated carbocycles. The van der Waals surface area contributed by atoms with Gasteiger partial charge in [0.25, 0.3) is 0 Å². The molecule has 0 aromatic rings. The number of hydrogen-bond donors (Lipinski definition) is 0. The third-order valence-electron chi connectivity index (χ3n) is 0.318. The fraction of sp³-hybridized carbons (Fsp3) is 1.00. The minimum atomic E-state index is -0.972. The number of alkyl halides is 2. The quantitative estimate of drug-likeness (QED) is 0.451. The molecule has 0 spiro atoms. The number of halogens is 2. The van der Waals surface area contributed by atoms with Crippen molar-refractivity contribution in [3.63, 3.8) is 0 Å². The second-order valence-corrected chi connectivity index (χ2v) is 2.62. The van der Waals surface area contributed by atoms with Crippen LogP contribution >= 0.6 is 22.6 Å². The summed E-state index contributed by atoms with van der Waals surface area (Å²) >= 11 is 2.02. The van der Waals surface area contributed by atoms with Crippen molar-refractivity contribution in [1.29, 1.82) is 0 Å². The molecule has 0 aromatic heterocycles. The maximum Gasteiger partial charge on any atom is 0.114 e. The SMILES string of the molecule is CC(C)(F)CI. The van der Waals surface area contributed by atoms with Gasteiger partial charge in [-0.15, -0.1) is 0 Å². The first kappa shape index (κ1) is 6.66. The van der Waals surface area contributed by atoms with E-state index in [4.69, 9.17) is 0 Å². The molecule has 0 unspecified atom stereocenters. The molecule has 0 N–H and O–H groups in total. The first-order valence-electron chi connectivity index (χ1n) is 1.81. The molecule has 6 heavy (non-hydrogen) atoms. The van der Waals surface area contributed by atoms with Crippen LogP contribution in [0, 0.1) is 0 Å². The van der Waals surface area contributed by atoms with Crippen molar-refractivity contribution in [2.45, 2.75) is 19.5 Å². The van der Waals surface area contributed by atoms with Gasteiger partial charge < -0.3 is 0 Å². The summed E-state index contributed by atoms with van der Waals surface area (Å²) in [6.45, 7) is 3.14. The zero-order valence-electron chi connectivity index (χ0n) is 3.96. The molecular formula is C4H8FI. The van der Waals surface area contributed by atoms with Gasteiger partial charge in [0, 0.05) is 4.43 Å². The highest BCUT2D eigenvalue weighted by Gasteiger charge is 2.10. The van der Waals surface area contributed by atoms with Crippen molar-refractivity contribution in [1.82, 2.24) is 0 Å². The normalized spacial score (nSPS) is 12.0. The van der Waals surface area contributed by atoms with Crippen LogP contribution in [0.5, 0.6) is 0 Å². The second-order valence-electron chi connectivity index (χ2n) is 1.85. The fourth-order valence-electron chi connectivity index (χ4n) is 0. The topological polar surface area (TPSA) is 0 Å². The van der Waals surface area contributed by atoms with Crippen LogP contribution in [0.3, 0.4) is 0 Å². The predicted octanol–water partition coefficient (Wildman–Crippen LogP) is 2.17. The van der Waals surface area contributed by atoms with Gasteiger partial charge in [-0.2, -0.15) is 0 Å². The van der Waals surface area contributed by atoms with Gasteiger partial charge in [-0.3, -0.25) is 0 Å². The first-order valence-corrected chi connectivity index (χ1v) is 3.34. The molecule has 0 nitrogen and oxygen atoms in total. The molecule has 0 bridgehead atoms. The Labute approximate surface area is 51.3 Å². The highest BCUT2D eigenvalue weighted by atomic mass is 127. The summed E-state index contributed by atoms with van der Waals surface area (Å²) in [5, 5.41) is 0. The van der Waals surface area contributed by atoms with E-state index in [1.54, 1.807) is 13.8 Å². The van der Waals surface area contributed by atoms with Crippen LogP contribution in [-0.2, 0) is 0 Å². The standard InChI is InChI=1S/C4H8FI/c1-4(2,5)3-6/h3H2,1-2H3. The Bertz CT molecular complexity index is 37.3. The third-order valence-corrected chi connectivity index (χ3v) is 2.13. The van der Waals surface area contributed by atoms with Crippen molar-refractivity contribution in [3.8, 4) is 0 Å². The van der Waals surface area contributed by atoms with Crippen LogP contribution in [0.15, 0.2) is 0 Å². The average molecular weight is 202 g/mol. The summed E-state index contributed by atoms with van der Waals surface area (Å²) in [6.07, 6.45) is 0. The van der Waals surface area contributed by atoms with Gasteiger partial charge in [0.15, 0.2) is 0 Å². The molecule has 0 rings (SSSR count). The minimum Gasteiger partial charge on any atom is -0.244 e. The predicted molar refractivity (Wildman–Crippen MR) is 34.1 cm³/mol. The Morgan fingerprint density at radius 3 is 1.83 bits per heavy atom. The number of hydrogen-bond acceptors (Lipinski definition) is 0. The van der Waals surface area contributed by atoms with Crippen LogP contribution in [-0.4, -0.2) is 10.1 Å². The summed E-state index contributed by atoms with van der Waals surface area (Å²) < 4.78 is 12.7. The lowest BCUT2D eigenvalue weighted by atomic mass is 10.2. The Kier molecular flexibility index (Phi) is 2.33. The molecule has 0 saturated heterocycles. The summed E-state index contributed by atoms with van der Waals surface area (Å²) in [7, 11) is 0. The Balaban J connectivity index is 3.17. The molecule has 0 heterocycles. The highest BCUT2D eigenvalue weighted by molar-refractivity contribution is 14.1. The first-order chi connectivity index (χ1) is 2.56. The molecule has 2 heteroatoms. The van der Waals surface area contributed by atoms with E-state index in [1.165, 1.54) is 0 Å². The maximum absolute atomic E-state index is 12.1. The van der Waals surface area contributed by atoms with E-state index in [0.29, 0.717) is 4.43 Å². The molecule has 0 fully saturated rings. The zero-order valence-corrected chi connectivity index (χ0v) is 6.12. The van der Waals surface area contributed by atoms with E-state index in [0.717, 1.165) is 0 Å². The Hall–Kier alpha value is 0.660. The van der Waals surface area contributed by atoms with E-state index in [2.05, 4.69) is 0 Å². The fourth-order valence-corrected chi connectivity index (χ4v) is 0. The van der Waals surface area contributed by atoms with Crippen LogP contribution in [0.25, 0.3) is 0 Å². The molecule has 0 aliphatic carbocycles. The lowest BCUT2D eigenvalue weighted by molar-refractivity contribution is 0.257. The largest absolute Gasteiger partial charge is 0.244 e. The van der Waals surface area contributed by atoms with Crippen LogP contribution in [0.4, 0.5) is 4.39 Å². The lowest BCUT2D eigenvalue weighted by Crippen LogP contribution is -2.12. The van der Waals surface area contributed by atoms with Crippen LogP contribution in [0.1, 0.15) is 13.8 Å². The van der Waals surface area contributed by atoms with E-state index < -0.39 is 5.67 Å². The van der Waals surface area contributed by atoms with Gasteiger partial charge in [0.05, 0.1) is 0 Å². The van der Waals surface area contributed by atoms with Gasteiger partial charge in [-0.25, -0.2) is 4.39 Å². The van der Waals surface area contributed by atoms with Crippen LogP contribution < -0.4 is 0 Å². The molecule has 0 aliphatic rings. The minimum absolute atomic E-state index is 0.574. The second kappa shape index (κ2) is 2.09. The van der Waals surface area contributed by atoms with E-state index in [9.17, 15) is 4.39 Å². The van der Waals surface area contributed by atoms with Crippen molar-refractivity contribution in [3.05, 3.63) is 0 Å². The Morgan fingerprint density at radius 1 is 1.67 bits per heavy atom. The third kappa shape index (κ3) is 4.66. The van der Waals surface area contributed by atoms with E-state index >= 15 is 0 Å². The van der Waals surface area contributed by atoms with Crippen molar-refractivity contribution in [2.24, 2.45) is 0 Å². The highest BCUT2D eigenvalue weighted by Crippen LogP contribution is 2.10. The number of rotatable bonds is 1. The maximum atomic E-state index is 12.1. The van der Waals surface area contributed by atoms with Gasteiger partial charge >= 0.3 is 0 Å². The van der Waals surface area contributed by atoms with Crippen molar-refractivity contribution >= 4 is 22.6 Å². The molecule has 0 radical (unpaired) electrons. The van der Waals surface area contributed by atoms with Crippen LogP contribution in [0.2, 0.25) is 0 Å². The summed E-state index contributed by atoms with van der Waals surface area (Å²) in [5.41, 5.74) is -0.972. The zero-order chi connectivity index (χ0) is 5.21. The van der Waals surface area contributed by atoms with E-state index in [1.807, 2.05) is 22.6 Å². The van der Waals surface area contributed by atoms with Gasteiger partial charge in [0.1, 0.15) is 5.67 Å². The molecule has 0 aliphatic heterocycles. The Morgan fingerprint density at radius 2 is 1.83 bits per heavy atom. The van der Waals surface area contributed by atoms with Gasteiger partial charge in [-0.1, -0.05) is 22.6 Å². The smallest absolute Gasteiger partial charge is 0.114 e. The van der Waals surface area contributed by atoms with Crippen molar-refractivity contribution in [2.75, 3.05) is 4.43 Å². The molecule has 0 atom stereocenters. The summed E-state index contributed by atoms with van der Waals surface area (Å²) in [6, 6.07) is 0. The average Bonchev–Trinajstić information content (AvgIpc) is 1.35. The van der Waals surface area contributed by atoms with Crippen molar-refractivity contribution < 1.29 is 4.39 Å². The summed E-state index contributed by atoms with van der Waals surface area (Å²) in [5.74, 6) is 0. The molecule has 38 valence electrons. The molecular weight excluding hydrogens is 194 g/mol. The monoisotopic (exact) mass is 202 g/mol. The molecule has 0 aromatic carbocycles. The van der Waals surface area contributed by atoms with E-state index in [-0.39, 0.29) is 0 Å². The van der Waals surface area contributed by atoms with Gasteiger partial charge in [0.2, 0.25) is 0 Å². The molecule has 0 amide bonds. The van der Waals surface area contributed by atoms with Gasteiger partial charge in [-0.05, 0) is 13.8 Å².